The summed E-state index contributed by atoms with van der Waals surface area (Å²) >= 11 is 0. The molecule has 1 aliphatic heterocycles. The topological polar surface area (TPSA) is 50.2 Å². The molecule has 1 fully saturated rings. The van der Waals surface area contributed by atoms with Gasteiger partial charge in [-0.2, -0.15) is 5.10 Å². The van der Waals surface area contributed by atoms with Crippen LogP contribution in [0.15, 0.2) is 30.5 Å². The van der Waals surface area contributed by atoms with Crippen LogP contribution in [0.3, 0.4) is 0 Å². The van der Waals surface area contributed by atoms with E-state index in [1.807, 2.05) is 22.9 Å². The lowest BCUT2D eigenvalue weighted by atomic mass is 10.1. The molecule has 134 valence electrons. The van der Waals surface area contributed by atoms with Gasteiger partial charge in [-0.05, 0) is 50.9 Å². The van der Waals surface area contributed by atoms with Crippen molar-refractivity contribution in [1.82, 2.24) is 20.0 Å². The van der Waals surface area contributed by atoms with Crippen molar-refractivity contribution in [3.8, 4) is 5.69 Å². The average Bonchev–Trinajstić information content (AvgIpc) is 3.26. The van der Waals surface area contributed by atoms with Crippen LogP contribution in [0.4, 0.5) is 0 Å². The van der Waals surface area contributed by atoms with Crippen LogP contribution in [0.5, 0.6) is 0 Å². The number of carbonyl (C=O) groups is 1. The second kappa shape index (κ2) is 7.83. The monoisotopic (exact) mass is 340 g/mol. The summed E-state index contributed by atoms with van der Waals surface area (Å²) in [6.07, 6.45) is 4.85. The molecule has 0 bridgehead atoms. The van der Waals surface area contributed by atoms with E-state index in [2.05, 4.69) is 42.2 Å². The van der Waals surface area contributed by atoms with E-state index < -0.39 is 0 Å². The molecule has 25 heavy (non-hydrogen) atoms. The van der Waals surface area contributed by atoms with Crippen LogP contribution in [-0.4, -0.2) is 46.3 Å². The molecule has 1 amide bonds. The van der Waals surface area contributed by atoms with E-state index in [9.17, 15) is 4.79 Å². The number of para-hydroxylation sites is 1. The van der Waals surface area contributed by atoms with Gasteiger partial charge in [-0.15, -0.1) is 0 Å². The smallest absolute Gasteiger partial charge is 0.254 e. The molecule has 0 aliphatic carbocycles. The van der Waals surface area contributed by atoms with E-state index in [4.69, 9.17) is 0 Å². The molecule has 5 nitrogen and oxygen atoms in total. The Bertz CT molecular complexity index is 737. The first kappa shape index (κ1) is 17.7. The third-order valence-corrected chi connectivity index (χ3v) is 5.20. The Morgan fingerprint density at radius 3 is 2.84 bits per heavy atom. The number of hydrogen-bond donors (Lipinski definition) is 1. The number of aromatic nitrogens is 2. The van der Waals surface area contributed by atoms with Gasteiger partial charge in [-0.1, -0.05) is 32.0 Å². The van der Waals surface area contributed by atoms with Crippen molar-refractivity contribution < 1.29 is 4.79 Å². The fourth-order valence-electron chi connectivity index (χ4n) is 3.76. The summed E-state index contributed by atoms with van der Waals surface area (Å²) in [6, 6.07) is 8.59. The Kier molecular flexibility index (Phi) is 5.53. The fourth-order valence-corrected chi connectivity index (χ4v) is 3.76. The van der Waals surface area contributed by atoms with Crippen LogP contribution in [0.25, 0.3) is 5.69 Å². The molecule has 2 aromatic rings. The molecule has 0 radical (unpaired) electrons. The molecule has 1 aromatic carbocycles. The van der Waals surface area contributed by atoms with Crippen molar-refractivity contribution >= 4 is 5.91 Å². The van der Waals surface area contributed by atoms with Gasteiger partial charge in [0.05, 0.1) is 23.1 Å². The minimum atomic E-state index is -0.0142. The predicted molar refractivity (Wildman–Crippen MR) is 100 cm³/mol. The summed E-state index contributed by atoms with van der Waals surface area (Å²) in [5.74, 6) is -0.0142. The number of likely N-dealkylation sites (tertiary alicyclic amines) is 1. The molecule has 3 rings (SSSR count). The van der Waals surface area contributed by atoms with Crippen LogP contribution in [-0.2, 0) is 6.42 Å². The number of aryl methyl sites for hydroxylation is 1. The maximum absolute atomic E-state index is 12.7. The summed E-state index contributed by atoms with van der Waals surface area (Å²) in [4.78, 5) is 15.2. The molecular weight excluding hydrogens is 312 g/mol. The van der Waals surface area contributed by atoms with Gasteiger partial charge in [-0.25, -0.2) is 4.68 Å². The number of benzene rings is 1. The van der Waals surface area contributed by atoms with Crippen LogP contribution >= 0.6 is 0 Å². The average molecular weight is 340 g/mol. The van der Waals surface area contributed by atoms with Crippen LogP contribution in [0.2, 0.25) is 0 Å². The fraction of sp³-hybridized carbons (Fsp3) is 0.500. The predicted octanol–water partition coefficient (Wildman–Crippen LogP) is 2.96. The zero-order valence-electron chi connectivity index (χ0n) is 15.5. The zero-order valence-corrected chi connectivity index (χ0v) is 15.5. The van der Waals surface area contributed by atoms with Crippen molar-refractivity contribution in [2.24, 2.45) is 0 Å². The second-order valence-electron chi connectivity index (χ2n) is 6.69. The van der Waals surface area contributed by atoms with Crippen LogP contribution < -0.4 is 5.32 Å². The van der Waals surface area contributed by atoms with E-state index in [0.717, 1.165) is 42.9 Å². The number of carbonyl (C=O) groups excluding carboxylic acids is 1. The third kappa shape index (κ3) is 3.61. The second-order valence-corrected chi connectivity index (χ2v) is 6.69. The van der Waals surface area contributed by atoms with Crippen molar-refractivity contribution in [2.75, 3.05) is 19.6 Å². The molecular formula is C20H28N4O. The largest absolute Gasteiger partial charge is 0.350 e. The van der Waals surface area contributed by atoms with Crippen LogP contribution in [0.1, 0.15) is 48.3 Å². The first-order chi connectivity index (χ1) is 12.2. The molecule has 1 N–H and O–H groups in total. The van der Waals surface area contributed by atoms with Gasteiger partial charge < -0.3 is 5.32 Å². The standard InChI is InChI=1S/C20H28N4O/c1-4-18-17(14-22-24(18)19-11-7-6-9-15(19)3)20(25)21-13-16-10-8-12-23(16)5-2/h6-7,9,11,14,16H,4-5,8,10,12-13H2,1-3H3,(H,21,25). The molecule has 1 saturated heterocycles. The lowest BCUT2D eigenvalue weighted by Gasteiger charge is -2.22. The highest BCUT2D eigenvalue weighted by Gasteiger charge is 2.24. The maximum atomic E-state index is 12.7. The van der Waals surface area contributed by atoms with E-state index >= 15 is 0 Å². The summed E-state index contributed by atoms with van der Waals surface area (Å²) in [6.45, 7) is 9.22. The Hall–Kier alpha value is -2.14. The number of nitrogens with zero attached hydrogens (tertiary/aromatic N) is 3. The first-order valence-corrected chi connectivity index (χ1v) is 9.30. The highest BCUT2D eigenvalue weighted by atomic mass is 16.1. The number of hydrogen-bond acceptors (Lipinski definition) is 3. The lowest BCUT2D eigenvalue weighted by molar-refractivity contribution is 0.0940. The van der Waals surface area contributed by atoms with E-state index in [1.54, 1.807) is 6.20 Å². The molecule has 2 heterocycles. The molecule has 1 atom stereocenters. The Balaban J connectivity index is 1.76. The molecule has 5 heteroatoms. The zero-order chi connectivity index (χ0) is 17.8. The van der Waals surface area contributed by atoms with Crippen molar-refractivity contribution in [2.45, 2.75) is 46.1 Å². The molecule has 1 aliphatic rings. The first-order valence-electron chi connectivity index (χ1n) is 9.30. The minimum Gasteiger partial charge on any atom is -0.350 e. The normalized spacial score (nSPS) is 17.8. The highest BCUT2D eigenvalue weighted by Crippen LogP contribution is 2.19. The van der Waals surface area contributed by atoms with Crippen molar-refractivity contribution in [1.29, 1.82) is 0 Å². The van der Waals surface area contributed by atoms with E-state index in [-0.39, 0.29) is 5.91 Å². The van der Waals surface area contributed by atoms with Gasteiger partial charge >= 0.3 is 0 Å². The third-order valence-electron chi connectivity index (χ3n) is 5.20. The molecule has 1 unspecified atom stereocenters. The summed E-state index contributed by atoms with van der Waals surface area (Å²) in [7, 11) is 0. The quantitative estimate of drug-likeness (QED) is 0.879. The van der Waals surface area contributed by atoms with Crippen LogP contribution in [0, 0.1) is 6.92 Å². The van der Waals surface area contributed by atoms with Gasteiger partial charge in [0, 0.05) is 12.6 Å². The highest BCUT2D eigenvalue weighted by molar-refractivity contribution is 5.95. The Labute approximate surface area is 150 Å². The number of rotatable bonds is 6. The van der Waals surface area contributed by atoms with E-state index in [1.165, 1.54) is 6.42 Å². The minimum absolute atomic E-state index is 0.0142. The molecule has 0 saturated carbocycles. The summed E-state index contributed by atoms with van der Waals surface area (Å²) in [5, 5.41) is 7.62. The SMILES string of the molecule is CCc1c(C(=O)NCC2CCCN2CC)cnn1-c1ccccc1C. The molecule has 1 aromatic heterocycles. The van der Waals surface area contributed by atoms with Crippen molar-refractivity contribution in [3.63, 3.8) is 0 Å². The lowest BCUT2D eigenvalue weighted by Crippen LogP contribution is -2.40. The summed E-state index contributed by atoms with van der Waals surface area (Å²) in [5.41, 5.74) is 3.83. The number of likely N-dealkylation sites (N-methyl/N-ethyl adjacent to an activating group) is 1. The van der Waals surface area contributed by atoms with Gasteiger partial charge in [-0.3, -0.25) is 9.69 Å². The maximum Gasteiger partial charge on any atom is 0.254 e. The number of amides is 1. The van der Waals surface area contributed by atoms with Gasteiger partial charge in [0.2, 0.25) is 0 Å². The Morgan fingerprint density at radius 2 is 2.12 bits per heavy atom. The Morgan fingerprint density at radius 1 is 1.32 bits per heavy atom. The summed E-state index contributed by atoms with van der Waals surface area (Å²) < 4.78 is 1.90. The number of nitrogens with one attached hydrogen (secondary N) is 1. The van der Waals surface area contributed by atoms with Gasteiger partial charge in [0.25, 0.3) is 5.91 Å². The van der Waals surface area contributed by atoms with Crippen molar-refractivity contribution in [3.05, 3.63) is 47.3 Å². The van der Waals surface area contributed by atoms with Gasteiger partial charge in [0.1, 0.15) is 0 Å². The van der Waals surface area contributed by atoms with Gasteiger partial charge in [0.15, 0.2) is 0 Å². The molecule has 0 spiro atoms. The van der Waals surface area contributed by atoms with E-state index in [0.29, 0.717) is 18.2 Å².